The van der Waals surface area contributed by atoms with Crippen molar-refractivity contribution in [1.29, 1.82) is 0 Å². The molecule has 0 radical (unpaired) electrons. The first-order valence-electron chi connectivity index (χ1n) is 5.52. The zero-order chi connectivity index (χ0) is 12.2. The van der Waals surface area contributed by atoms with Crippen LogP contribution in [-0.4, -0.2) is 27.3 Å². The van der Waals surface area contributed by atoms with E-state index in [1.165, 1.54) is 0 Å². The lowest BCUT2D eigenvalue weighted by Gasteiger charge is -2.27. The number of aliphatic hydroxyl groups is 1. The normalized spacial score (nSPS) is 14.8. The van der Waals surface area contributed by atoms with Gasteiger partial charge in [0.2, 0.25) is 0 Å². The minimum atomic E-state index is -0.322. The molecule has 4 nitrogen and oxygen atoms in total. The number of nitrogens with one attached hydrogen (secondary N) is 1. The first-order chi connectivity index (χ1) is 7.50. The highest BCUT2D eigenvalue weighted by molar-refractivity contribution is 5.27. The fourth-order valence-electron chi connectivity index (χ4n) is 1.32. The van der Waals surface area contributed by atoms with E-state index in [0.29, 0.717) is 12.2 Å². The van der Waals surface area contributed by atoms with Crippen LogP contribution in [0.4, 0.5) is 0 Å². The quantitative estimate of drug-likeness (QED) is 0.706. The van der Waals surface area contributed by atoms with E-state index in [1.54, 1.807) is 12.1 Å². The van der Waals surface area contributed by atoms with Gasteiger partial charge in [-0.25, -0.2) is 0 Å². The van der Waals surface area contributed by atoms with Gasteiger partial charge >= 0.3 is 0 Å². The highest BCUT2D eigenvalue weighted by atomic mass is 16.3. The first kappa shape index (κ1) is 12.9. The molecule has 1 aromatic heterocycles. The second kappa shape index (κ2) is 5.27. The number of rotatable bonds is 5. The van der Waals surface area contributed by atoms with Crippen LogP contribution in [0.15, 0.2) is 12.1 Å². The standard InChI is InChI=1S/C12H20N2O2/c1-4-12(3,8-15)13-7-10-11(16)6-5-9(2)14-10/h5-6,13,15-16H,4,7-8H2,1-3H3. The Bertz CT molecular complexity index is 349. The molecule has 90 valence electrons. The van der Waals surface area contributed by atoms with Crippen molar-refractivity contribution >= 4 is 0 Å². The highest BCUT2D eigenvalue weighted by Gasteiger charge is 2.20. The van der Waals surface area contributed by atoms with Gasteiger partial charge in [-0.1, -0.05) is 6.92 Å². The lowest BCUT2D eigenvalue weighted by molar-refractivity contribution is 0.168. The molecular weight excluding hydrogens is 204 g/mol. The molecule has 0 aromatic carbocycles. The predicted octanol–water partition coefficient (Wildman–Crippen LogP) is 1.35. The lowest BCUT2D eigenvalue weighted by Crippen LogP contribution is -2.44. The van der Waals surface area contributed by atoms with E-state index in [-0.39, 0.29) is 17.9 Å². The predicted molar refractivity (Wildman–Crippen MR) is 63.3 cm³/mol. The highest BCUT2D eigenvalue weighted by Crippen LogP contribution is 2.16. The van der Waals surface area contributed by atoms with Crippen molar-refractivity contribution in [3.8, 4) is 5.75 Å². The molecule has 0 fully saturated rings. The van der Waals surface area contributed by atoms with Gasteiger partial charge in [0.1, 0.15) is 5.75 Å². The Kier molecular flexibility index (Phi) is 4.26. The summed E-state index contributed by atoms with van der Waals surface area (Å²) >= 11 is 0. The van der Waals surface area contributed by atoms with E-state index in [9.17, 15) is 10.2 Å². The number of aryl methyl sites for hydroxylation is 1. The third-order valence-corrected chi connectivity index (χ3v) is 2.90. The summed E-state index contributed by atoms with van der Waals surface area (Å²) in [7, 11) is 0. The molecular formula is C12H20N2O2. The van der Waals surface area contributed by atoms with E-state index < -0.39 is 0 Å². The van der Waals surface area contributed by atoms with Crippen LogP contribution in [0.5, 0.6) is 5.75 Å². The smallest absolute Gasteiger partial charge is 0.138 e. The Labute approximate surface area is 96.3 Å². The molecule has 4 heteroatoms. The van der Waals surface area contributed by atoms with Crippen LogP contribution < -0.4 is 5.32 Å². The summed E-state index contributed by atoms with van der Waals surface area (Å²) < 4.78 is 0. The van der Waals surface area contributed by atoms with Crippen molar-refractivity contribution in [3.63, 3.8) is 0 Å². The van der Waals surface area contributed by atoms with Crippen molar-refractivity contribution in [2.45, 2.75) is 39.3 Å². The van der Waals surface area contributed by atoms with Crippen LogP contribution in [0.25, 0.3) is 0 Å². The summed E-state index contributed by atoms with van der Waals surface area (Å²) in [5.74, 6) is 0.189. The SMILES string of the molecule is CCC(C)(CO)NCc1nc(C)ccc1O. The molecule has 0 aliphatic rings. The Hall–Kier alpha value is -1.13. The number of aromatic nitrogens is 1. The van der Waals surface area contributed by atoms with Crippen LogP contribution >= 0.6 is 0 Å². The van der Waals surface area contributed by atoms with Crippen LogP contribution in [0.2, 0.25) is 0 Å². The third-order valence-electron chi connectivity index (χ3n) is 2.90. The maximum atomic E-state index is 9.61. The Morgan fingerprint density at radius 1 is 1.44 bits per heavy atom. The summed E-state index contributed by atoms with van der Waals surface area (Å²) in [5.41, 5.74) is 1.17. The average molecular weight is 224 g/mol. The van der Waals surface area contributed by atoms with E-state index >= 15 is 0 Å². The summed E-state index contributed by atoms with van der Waals surface area (Å²) in [4.78, 5) is 4.25. The van der Waals surface area contributed by atoms with Crippen molar-refractivity contribution in [2.75, 3.05) is 6.61 Å². The number of aromatic hydroxyl groups is 1. The van der Waals surface area contributed by atoms with Gasteiger partial charge in [-0.05, 0) is 32.4 Å². The summed E-state index contributed by atoms with van der Waals surface area (Å²) in [6, 6.07) is 3.41. The maximum Gasteiger partial charge on any atom is 0.138 e. The molecule has 0 spiro atoms. The minimum Gasteiger partial charge on any atom is -0.506 e. The molecule has 16 heavy (non-hydrogen) atoms. The van der Waals surface area contributed by atoms with Crippen LogP contribution in [0.1, 0.15) is 31.7 Å². The number of hydrogen-bond acceptors (Lipinski definition) is 4. The Balaban J connectivity index is 2.70. The van der Waals surface area contributed by atoms with E-state index in [4.69, 9.17) is 0 Å². The van der Waals surface area contributed by atoms with Crippen LogP contribution in [0.3, 0.4) is 0 Å². The van der Waals surface area contributed by atoms with Crippen LogP contribution in [0, 0.1) is 6.92 Å². The zero-order valence-corrected chi connectivity index (χ0v) is 10.1. The Morgan fingerprint density at radius 3 is 2.69 bits per heavy atom. The molecule has 0 bridgehead atoms. The summed E-state index contributed by atoms with van der Waals surface area (Å²) in [6.45, 7) is 6.36. The van der Waals surface area contributed by atoms with Gasteiger partial charge in [0.05, 0.1) is 12.3 Å². The number of hydrogen-bond donors (Lipinski definition) is 3. The van der Waals surface area contributed by atoms with Crippen molar-refractivity contribution in [3.05, 3.63) is 23.5 Å². The van der Waals surface area contributed by atoms with E-state index in [0.717, 1.165) is 12.1 Å². The van der Waals surface area contributed by atoms with Gasteiger partial charge in [0, 0.05) is 17.8 Å². The summed E-state index contributed by atoms with van der Waals surface area (Å²) in [6.07, 6.45) is 0.816. The van der Waals surface area contributed by atoms with Crippen molar-refractivity contribution in [1.82, 2.24) is 10.3 Å². The number of aliphatic hydroxyl groups excluding tert-OH is 1. The molecule has 0 aliphatic heterocycles. The minimum absolute atomic E-state index is 0.0656. The molecule has 1 atom stereocenters. The monoisotopic (exact) mass is 224 g/mol. The molecule has 0 saturated heterocycles. The van der Waals surface area contributed by atoms with Gasteiger partial charge in [-0.15, -0.1) is 0 Å². The third kappa shape index (κ3) is 3.18. The molecule has 3 N–H and O–H groups in total. The first-order valence-corrected chi connectivity index (χ1v) is 5.52. The molecule has 1 heterocycles. The molecule has 0 saturated carbocycles. The van der Waals surface area contributed by atoms with Crippen LogP contribution in [-0.2, 0) is 6.54 Å². The zero-order valence-electron chi connectivity index (χ0n) is 10.1. The number of pyridine rings is 1. The molecule has 1 rings (SSSR count). The fourth-order valence-corrected chi connectivity index (χ4v) is 1.32. The topological polar surface area (TPSA) is 65.4 Å². The second-order valence-corrected chi connectivity index (χ2v) is 4.34. The molecule has 0 amide bonds. The second-order valence-electron chi connectivity index (χ2n) is 4.34. The maximum absolute atomic E-state index is 9.61. The summed E-state index contributed by atoms with van der Waals surface area (Å²) in [5, 5.41) is 22.1. The molecule has 1 aromatic rings. The van der Waals surface area contributed by atoms with Gasteiger partial charge < -0.3 is 15.5 Å². The van der Waals surface area contributed by atoms with Gasteiger partial charge in [0.25, 0.3) is 0 Å². The van der Waals surface area contributed by atoms with Crippen molar-refractivity contribution < 1.29 is 10.2 Å². The average Bonchev–Trinajstić information content (AvgIpc) is 2.30. The van der Waals surface area contributed by atoms with Gasteiger partial charge in [-0.3, -0.25) is 4.98 Å². The lowest BCUT2D eigenvalue weighted by atomic mass is 10.0. The van der Waals surface area contributed by atoms with E-state index in [2.05, 4.69) is 10.3 Å². The fraction of sp³-hybridized carbons (Fsp3) is 0.583. The Morgan fingerprint density at radius 2 is 2.12 bits per heavy atom. The van der Waals surface area contributed by atoms with Crippen molar-refractivity contribution in [2.24, 2.45) is 0 Å². The van der Waals surface area contributed by atoms with Gasteiger partial charge in [-0.2, -0.15) is 0 Å². The molecule has 0 aliphatic carbocycles. The van der Waals surface area contributed by atoms with Gasteiger partial charge in [0.15, 0.2) is 0 Å². The van der Waals surface area contributed by atoms with E-state index in [1.807, 2.05) is 20.8 Å². The molecule has 1 unspecified atom stereocenters. The number of nitrogens with zero attached hydrogens (tertiary/aromatic N) is 1. The largest absolute Gasteiger partial charge is 0.506 e.